The normalized spacial score (nSPS) is 11.1. The SMILES string of the molecule is CNCc1coc2c(Cl)c(Cl)ccc12. The average molecular weight is 230 g/mol. The van der Waals surface area contributed by atoms with Gasteiger partial charge in [-0.1, -0.05) is 23.2 Å². The molecule has 14 heavy (non-hydrogen) atoms. The number of nitrogens with one attached hydrogen (secondary N) is 1. The summed E-state index contributed by atoms with van der Waals surface area (Å²) in [6.07, 6.45) is 1.70. The molecule has 1 aromatic carbocycles. The fraction of sp³-hybridized carbons (Fsp3) is 0.200. The molecule has 0 aliphatic carbocycles. The largest absolute Gasteiger partial charge is 0.462 e. The first kappa shape index (κ1) is 9.84. The third-order valence-corrected chi connectivity index (χ3v) is 2.87. The second kappa shape index (κ2) is 3.81. The molecule has 4 heteroatoms. The lowest BCUT2D eigenvalue weighted by atomic mass is 10.2. The molecule has 0 saturated carbocycles. The smallest absolute Gasteiger partial charge is 0.154 e. The van der Waals surface area contributed by atoms with Crippen molar-refractivity contribution in [2.75, 3.05) is 7.05 Å². The standard InChI is InChI=1S/C10H9Cl2NO/c1-13-4-6-5-14-10-7(6)2-3-8(11)9(10)12/h2-3,5,13H,4H2,1H3. The van der Waals surface area contributed by atoms with Crippen LogP contribution in [0.15, 0.2) is 22.8 Å². The number of rotatable bonds is 2. The van der Waals surface area contributed by atoms with Gasteiger partial charge >= 0.3 is 0 Å². The Labute approximate surface area is 91.8 Å². The zero-order valence-electron chi connectivity index (χ0n) is 7.60. The first-order valence-electron chi connectivity index (χ1n) is 4.22. The second-order valence-corrected chi connectivity index (χ2v) is 3.81. The van der Waals surface area contributed by atoms with E-state index in [0.717, 1.165) is 17.5 Å². The van der Waals surface area contributed by atoms with Crippen LogP contribution in [0.4, 0.5) is 0 Å². The highest BCUT2D eigenvalue weighted by atomic mass is 35.5. The molecule has 2 aromatic rings. The van der Waals surface area contributed by atoms with Crippen LogP contribution in [0.3, 0.4) is 0 Å². The van der Waals surface area contributed by atoms with Crippen molar-refractivity contribution in [1.82, 2.24) is 5.32 Å². The Hall–Kier alpha value is -0.700. The lowest BCUT2D eigenvalue weighted by Gasteiger charge is -1.97. The van der Waals surface area contributed by atoms with E-state index in [1.807, 2.05) is 13.1 Å². The van der Waals surface area contributed by atoms with Crippen molar-refractivity contribution in [3.05, 3.63) is 34.0 Å². The van der Waals surface area contributed by atoms with Gasteiger partial charge in [-0.2, -0.15) is 0 Å². The van der Waals surface area contributed by atoms with E-state index in [2.05, 4.69) is 5.32 Å². The van der Waals surface area contributed by atoms with Crippen molar-refractivity contribution >= 4 is 34.2 Å². The molecule has 0 aliphatic heterocycles. The fourth-order valence-electron chi connectivity index (χ4n) is 1.42. The van der Waals surface area contributed by atoms with E-state index in [9.17, 15) is 0 Å². The summed E-state index contributed by atoms with van der Waals surface area (Å²) in [5.41, 5.74) is 1.74. The van der Waals surface area contributed by atoms with Gasteiger partial charge in [0, 0.05) is 17.5 Å². The van der Waals surface area contributed by atoms with Gasteiger partial charge in [0.05, 0.1) is 11.3 Å². The highest BCUT2D eigenvalue weighted by Crippen LogP contribution is 2.33. The summed E-state index contributed by atoms with van der Waals surface area (Å²) >= 11 is 11.9. The summed E-state index contributed by atoms with van der Waals surface area (Å²) in [5.74, 6) is 0. The maximum Gasteiger partial charge on any atom is 0.154 e. The lowest BCUT2D eigenvalue weighted by molar-refractivity contribution is 0.607. The Bertz CT molecular complexity index is 464. The monoisotopic (exact) mass is 229 g/mol. The minimum absolute atomic E-state index is 0.478. The number of halogens is 2. The second-order valence-electron chi connectivity index (χ2n) is 3.03. The molecule has 0 spiro atoms. The lowest BCUT2D eigenvalue weighted by Crippen LogP contribution is -2.03. The predicted octanol–water partition coefficient (Wildman–Crippen LogP) is 3.46. The van der Waals surface area contributed by atoms with Crippen molar-refractivity contribution in [3.8, 4) is 0 Å². The Morgan fingerprint density at radius 2 is 2.14 bits per heavy atom. The minimum atomic E-state index is 0.478. The fourth-order valence-corrected chi connectivity index (χ4v) is 1.78. The van der Waals surface area contributed by atoms with Gasteiger partial charge in [0.25, 0.3) is 0 Å². The van der Waals surface area contributed by atoms with Crippen molar-refractivity contribution in [2.24, 2.45) is 0 Å². The third-order valence-electron chi connectivity index (χ3n) is 2.08. The number of benzene rings is 1. The van der Waals surface area contributed by atoms with Crippen LogP contribution < -0.4 is 5.32 Å². The molecule has 1 aromatic heterocycles. The third kappa shape index (κ3) is 1.50. The van der Waals surface area contributed by atoms with Crippen molar-refractivity contribution in [2.45, 2.75) is 6.54 Å². The Morgan fingerprint density at radius 3 is 2.86 bits per heavy atom. The highest BCUT2D eigenvalue weighted by Gasteiger charge is 2.10. The molecule has 1 N–H and O–H groups in total. The van der Waals surface area contributed by atoms with Crippen LogP contribution >= 0.6 is 23.2 Å². The van der Waals surface area contributed by atoms with Gasteiger partial charge in [-0.25, -0.2) is 0 Å². The minimum Gasteiger partial charge on any atom is -0.462 e. The van der Waals surface area contributed by atoms with Crippen molar-refractivity contribution in [3.63, 3.8) is 0 Å². The predicted molar refractivity (Wildman–Crippen MR) is 59.0 cm³/mol. The van der Waals surface area contributed by atoms with Crippen LogP contribution in [0.1, 0.15) is 5.56 Å². The van der Waals surface area contributed by atoms with Gasteiger partial charge in [0.15, 0.2) is 5.58 Å². The number of hydrogen-bond donors (Lipinski definition) is 1. The van der Waals surface area contributed by atoms with E-state index >= 15 is 0 Å². The molecule has 0 atom stereocenters. The highest BCUT2D eigenvalue weighted by molar-refractivity contribution is 6.44. The first-order chi connectivity index (χ1) is 6.74. The Morgan fingerprint density at radius 1 is 1.36 bits per heavy atom. The summed E-state index contributed by atoms with van der Waals surface area (Å²) in [5, 5.41) is 5.06. The molecular weight excluding hydrogens is 221 g/mol. The van der Waals surface area contributed by atoms with Crippen LogP contribution in [0.2, 0.25) is 10.0 Å². The van der Waals surface area contributed by atoms with Crippen molar-refractivity contribution < 1.29 is 4.42 Å². The first-order valence-corrected chi connectivity index (χ1v) is 4.98. The van der Waals surface area contributed by atoms with Gasteiger partial charge in [0.2, 0.25) is 0 Å². The average Bonchev–Trinajstić information content (AvgIpc) is 2.57. The summed E-state index contributed by atoms with van der Waals surface area (Å²) in [6, 6.07) is 3.70. The van der Waals surface area contributed by atoms with Gasteiger partial charge < -0.3 is 9.73 Å². The molecular formula is C10H9Cl2NO. The quantitative estimate of drug-likeness (QED) is 0.854. The van der Waals surface area contributed by atoms with Crippen LogP contribution in [0.25, 0.3) is 11.0 Å². The number of fused-ring (bicyclic) bond motifs is 1. The molecule has 0 bridgehead atoms. The number of furan rings is 1. The molecule has 0 aliphatic rings. The Kier molecular flexibility index (Phi) is 2.68. The summed E-state index contributed by atoms with van der Waals surface area (Å²) in [4.78, 5) is 0. The van der Waals surface area contributed by atoms with Gasteiger partial charge in [0.1, 0.15) is 5.02 Å². The summed E-state index contributed by atoms with van der Waals surface area (Å²) in [6.45, 7) is 0.755. The molecule has 0 amide bonds. The molecule has 1 heterocycles. The van der Waals surface area contributed by atoms with E-state index in [1.54, 1.807) is 12.3 Å². The van der Waals surface area contributed by atoms with Crippen LogP contribution in [0, 0.1) is 0 Å². The van der Waals surface area contributed by atoms with E-state index < -0.39 is 0 Å². The molecule has 0 radical (unpaired) electrons. The van der Waals surface area contributed by atoms with E-state index in [1.165, 1.54) is 0 Å². The molecule has 2 nitrogen and oxygen atoms in total. The maximum atomic E-state index is 5.99. The molecule has 74 valence electrons. The van der Waals surface area contributed by atoms with Gasteiger partial charge in [-0.05, 0) is 19.2 Å². The van der Waals surface area contributed by atoms with Gasteiger partial charge in [-0.3, -0.25) is 0 Å². The van der Waals surface area contributed by atoms with Crippen LogP contribution in [0.5, 0.6) is 0 Å². The van der Waals surface area contributed by atoms with Crippen molar-refractivity contribution in [1.29, 1.82) is 0 Å². The van der Waals surface area contributed by atoms with Crippen LogP contribution in [-0.2, 0) is 6.54 Å². The molecule has 0 unspecified atom stereocenters. The zero-order chi connectivity index (χ0) is 10.1. The topological polar surface area (TPSA) is 25.2 Å². The molecule has 0 saturated heterocycles. The van der Waals surface area contributed by atoms with E-state index in [0.29, 0.717) is 15.6 Å². The summed E-state index contributed by atoms with van der Waals surface area (Å²) in [7, 11) is 1.89. The zero-order valence-corrected chi connectivity index (χ0v) is 9.12. The number of hydrogen-bond acceptors (Lipinski definition) is 2. The van der Waals surface area contributed by atoms with E-state index in [4.69, 9.17) is 27.6 Å². The maximum absolute atomic E-state index is 5.99. The van der Waals surface area contributed by atoms with Crippen LogP contribution in [-0.4, -0.2) is 7.05 Å². The molecule has 0 fully saturated rings. The molecule has 2 rings (SSSR count). The van der Waals surface area contributed by atoms with E-state index in [-0.39, 0.29) is 0 Å². The summed E-state index contributed by atoms with van der Waals surface area (Å²) < 4.78 is 5.36. The Balaban J connectivity index is 2.64. The van der Waals surface area contributed by atoms with Gasteiger partial charge in [-0.15, -0.1) is 0 Å².